The van der Waals surface area contributed by atoms with Crippen molar-refractivity contribution in [1.82, 2.24) is 20.3 Å². The predicted molar refractivity (Wildman–Crippen MR) is 163 cm³/mol. The molecule has 2 amide bonds. The van der Waals surface area contributed by atoms with Crippen molar-refractivity contribution in [2.45, 2.75) is 26.1 Å². The fraction of sp³-hybridized carbons (Fsp3) is 0.212. The molecule has 5 rings (SSSR count). The number of aryl methyl sites for hydroxylation is 1. The third kappa shape index (κ3) is 6.28. The lowest BCUT2D eigenvalue weighted by molar-refractivity contribution is -0.127. The number of methoxy groups -OCH3 is 3. The van der Waals surface area contributed by atoms with Crippen molar-refractivity contribution in [1.29, 1.82) is 0 Å². The molecule has 0 fully saturated rings. The van der Waals surface area contributed by atoms with Crippen molar-refractivity contribution in [3.63, 3.8) is 0 Å². The van der Waals surface area contributed by atoms with E-state index in [-0.39, 0.29) is 19.0 Å². The zero-order chi connectivity index (χ0) is 30.3. The van der Waals surface area contributed by atoms with Gasteiger partial charge in [0, 0.05) is 12.2 Å². The maximum atomic E-state index is 14.3. The van der Waals surface area contributed by atoms with Gasteiger partial charge in [0.1, 0.15) is 18.1 Å². The SMILES string of the molecule is COc1cc(C(C(=O)NCc2ccccc2)N(C(=O)Cn2nnc3ccccc32)c2ccc(C)cc2)cc(OC)c1OC. The third-order valence-electron chi connectivity index (χ3n) is 7.11. The van der Waals surface area contributed by atoms with Crippen LogP contribution in [0.3, 0.4) is 0 Å². The molecule has 0 aliphatic heterocycles. The Morgan fingerprint density at radius 2 is 1.51 bits per heavy atom. The molecule has 0 aliphatic rings. The Morgan fingerprint density at radius 1 is 0.860 bits per heavy atom. The Hall–Kier alpha value is -5.38. The lowest BCUT2D eigenvalue weighted by Gasteiger charge is -2.32. The smallest absolute Gasteiger partial charge is 0.249 e. The Labute approximate surface area is 249 Å². The van der Waals surface area contributed by atoms with Crippen molar-refractivity contribution in [3.05, 3.63) is 108 Å². The molecule has 10 heteroatoms. The molecule has 1 N–H and O–H groups in total. The van der Waals surface area contributed by atoms with Gasteiger partial charge in [-0.15, -0.1) is 5.10 Å². The van der Waals surface area contributed by atoms with E-state index < -0.39 is 11.9 Å². The highest BCUT2D eigenvalue weighted by Gasteiger charge is 2.35. The van der Waals surface area contributed by atoms with E-state index in [1.54, 1.807) is 12.1 Å². The number of rotatable bonds is 11. The van der Waals surface area contributed by atoms with Crippen LogP contribution in [0.5, 0.6) is 17.2 Å². The van der Waals surface area contributed by atoms with Crippen LogP contribution >= 0.6 is 0 Å². The van der Waals surface area contributed by atoms with E-state index >= 15 is 0 Å². The monoisotopic (exact) mass is 579 g/mol. The van der Waals surface area contributed by atoms with Gasteiger partial charge in [-0.3, -0.25) is 14.5 Å². The second-order valence-electron chi connectivity index (χ2n) is 9.90. The summed E-state index contributed by atoms with van der Waals surface area (Å²) in [6, 6.07) is 26.7. The first-order valence-corrected chi connectivity index (χ1v) is 13.7. The summed E-state index contributed by atoms with van der Waals surface area (Å²) in [4.78, 5) is 30.0. The summed E-state index contributed by atoms with van der Waals surface area (Å²) in [5.41, 5.74) is 4.31. The van der Waals surface area contributed by atoms with Gasteiger partial charge in [-0.05, 0) is 54.4 Å². The van der Waals surface area contributed by atoms with Crippen LogP contribution < -0.4 is 24.4 Å². The molecule has 0 bridgehead atoms. The van der Waals surface area contributed by atoms with Crippen LogP contribution in [0, 0.1) is 6.92 Å². The number of anilines is 1. The molecule has 1 atom stereocenters. The number of carbonyl (C=O) groups is 2. The number of benzene rings is 4. The van der Waals surface area contributed by atoms with Crippen molar-refractivity contribution in [2.24, 2.45) is 0 Å². The minimum Gasteiger partial charge on any atom is -0.493 e. The molecule has 0 saturated heterocycles. The number of carbonyl (C=O) groups excluding carboxylic acids is 2. The van der Waals surface area contributed by atoms with Gasteiger partial charge in [-0.25, -0.2) is 4.68 Å². The topological polar surface area (TPSA) is 108 Å². The van der Waals surface area contributed by atoms with Crippen LogP contribution in [-0.2, 0) is 22.7 Å². The molecule has 0 radical (unpaired) electrons. The number of para-hydroxylation sites is 1. The van der Waals surface area contributed by atoms with Crippen LogP contribution in [0.4, 0.5) is 5.69 Å². The van der Waals surface area contributed by atoms with Crippen LogP contribution in [0.1, 0.15) is 22.7 Å². The number of hydrogen-bond acceptors (Lipinski definition) is 7. The lowest BCUT2D eigenvalue weighted by atomic mass is 10.0. The molecular weight excluding hydrogens is 546 g/mol. The zero-order valence-electron chi connectivity index (χ0n) is 24.5. The Balaban J connectivity index is 1.63. The van der Waals surface area contributed by atoms with E-state index in [9.17, 15) is 9.59 Å². The van der Waals surface area contributed by atoms with Crippen LogP contribution in [0.15, 0.2) is 91.0 Å². The van der Waals surface area contributed by atoms with Crippen LogP contribution in [0.25, 0.3) is 11.0 Å². The quantitative estimate of drug-likeness (QED) is 0.238. The fourth-order valence-electron chi connectivity index (χ4n) is 4.94. The minimum atomic E-state index is -1.11. The Kier molecular flexibility index (Phi) is 8.85. The molecule has 1 aromatic heterocycles. The molecule has 220 valence electrons. The molecule has 0 saturated carbocycles. The Bertz CT molecular complexity index is 1690. The van der Waals surface area contributed by atoms with Gasteiger partial charge in [0.25, 0.3) is 0 Å². The summed E-state index contributed by atoms with van der Waals surface area (Å²) in [7, 11) is 4.52. The van der Waals surface area contributed by atoms with Gasteiger partial charge >= 0.3 is 0 Å². The summed E-state index contributed by atoms with van der Waals surface area (Å²) >= 11 is 0. The maximum absolute atomic E-state index is 14.3. The number of nitrogens with zero attached hydrogens (tertiary/aromatic N) is 4. The first-order chi connectivity index (χ1) is 20.9. The molecule has 10 nitrogen and oxygen atoms in total. The second-order valence-corrected chi connectivity index (χ2v) is 9.90. The number of aromatic nitrogens is 3. The first-order valence-electron chi connectivity index (χ1n) is 13.7. The van der Waals surface area contributed by atoms with Gasteiger partial charge in [0.15, 0.2) is 11.5 Å². The number of ether oxygens (including phenoxy) is 3. The van der Waals surface area contributed by atoms with Crippen LogP contribution in [0.2, 0.25) is 0 Å². The van der Waals surface area contributed by atoms with Crippen molar-refractivity contribution < 1.29 is 23.8 Å². The van der Waals surface area contributed by atoms with E-state index in [1.807, 2.05) is 85.8 Å². The standard InChI is InChI=1S/C33H33N5O5/c1-22-14-16-25(17-15-22)38(30(39)21-37-27-13-9-8-12-26(27)35-36-37)31(33(40)34-20-23-10-6-5-7-11-23)24-18-28(41-2)32(43-4)29(19-24)42-3/h5-19,31H,20-21H2,1-4H3,(H,34,40). The van der Waals surface area contributed by atoms with Gasteiger partial charge in [0.2, 0.25) is 17.6 Å². The number of nitrogens with one attached hydrogen (secondary N) is 1. The summed E-state index contributed by atoms with van der Waals surface area (Å²) in [5.74, 6) is 0.329. The van der Waals surface area contributed by atoms with Gasteiger partial charge in [-0.1, -0.05) is 65.4 Å². The normalized spacial score (nSPS) is 11.5. The number of amides is 2. The zero-order valence-corrected chi connectivity index (χ0v) is 24.5. The van der Waals surface area contributed by atoms with E-state index in [0.717, 1.165) is 11.1 Å². The van der Waals surface area contributed by atoms with E-state index in [0.29, 0.717) is 39.5 Å². The second kappa shape index (κ2) is 13.1. The summed E-state index contributed by atoms with van der Waals surface area (Å²) in [6.45, 7) is 2.08. The highest BCUT2D eigenvalue weighted by molar-refractivity contribution is 6.01. The molecule has 1 unspecified atom stereocenters. The van der Waals surface area contributed by atoms with Gasteiger partial charge in [-0.2, -0.15) is 0 Å². The average molecular weight is 580 g/mol. The number of hydrogen-bond donors (Lipinski definition) is 1. The third-order valence-corrected chi connectivity index (χ3v) is 7.11. The average Bonchev–Trinajstić information content (AvgIpc) is 3.45. The lowest BCUT2D eigenvalue weighted by Crippen LogP contribution is -2.45. The molecule has 43 heavy (non-hydrogen) atoms. The summed E-state index contributed by atoms with van der Waals surface area (Å²) in [6.07, 6.45) is 0. The van der Waals surface area contributed by atoms with Crippen molar-refractivity contribution in [3.8, 4) is 17.2 Å². The van der Waals surface area contributed by atoms with Crippen molar-refractivity contribution >= 4 is 28.5 Å². The van der Waals surface area contributed by atoms with Crippen molar-refractivity contribution in [2.75, 3.05) is 26.2 Å². The molecule has 4 aromatic carbocycles. The Morgan fingerprint density at radius 3 is 2.16 bits per heavy atom. The van der Waals surface area contributed by atoms with Gasteiger partial charge in [0.05, 0.1) is 26.8 Å². The molecule has 0 spiro atoms. The van der Waals surface area contributed by atoms with Gasteiger partial charge < -0.3 is 19.5 Å². The van der Waals surface area contributed by atoms with E-state index in [2.05, 4.69) is 15.6 Å². The molecular formula is C33H33N5O5. The minimum absolute atomic E-state index is 0.152. The first kappa shape index (κ1) is 29.1. The van der Waals surface area contributed by atoms with E-state index in [4.69, 9.17) is 14.2 Å². The number of fused-ring (bicyclic) bond motifs is 1. The predicted octanol–water partition coefficient (Wildman–Crippen LogP) is 4.86. The van der Waals surface area contributed by atoms with Crippen LogP contribution in [-0.4, -0.2) is 48.1 Å². The highest BCUT2D eigenvalue weighted by atomic mass is 16.5. The molecule has 0 aliphatic carbocycles. The largest absolute Gasteiger partial charge is 0.493 e. The summed E-state index contributed by atoms with van der Waals surface area (Å²) < 4.78 is 18.3. The maximum Gasteiger partial charge on any atom is 0.249 e. The highest BCUT2D eigenvalue weighted by Crippen LogP contribution is 2.41. The fourth-order valence-corrected chi connectivity index (χ4v) is 4.94. The molecule has 1 heterocycles. The van der Waals surface area contributed by atoms with E-state index in [1.165, 1.54) is 30.9 Å². The molecule has 5 aromatic rings. The summed E-state index contributed by atoms with van der Waals surface area (Å²) in [5, 5.41) is 11.4.